The van der Waals surface area contributed by atoms with E-state index in [1.54, 1.807) is 0 Å². The number of fused-ring (bicyclic) bond motifs is 2. The van der Waals surface area contributed by atoms with Gasteiger partial charge in [-0.15, -0.1) is 5.10 Å². The number of hydrogen-bond donors (Lipinski definition) is 2. The van der Waals surface area contributed by atoms with E-state index in [0.717, 1.165) is 22.8 Å². The number of aromatic nitrogens is 3. The van der Waals surface area contributed by atoms with Crippen LogP contribution >= 0.6 is 0 Å². The fourth-order valence-electron chi connectivity index (χ4n) is 3.05. The Labute approximate surface area is 147 Å². The number of nitrogens with one attached hydrogen (secondary N) is 2. The van der Waals surface area contributed by atoms with Crippen LogP contribution in [0.4, 0.5) is 23.1 Å². The first-order valence-corrected chi connectivity index (χ1v) is 8.51. The maximum Gasteiger partial charge on any atom is 0.247 e. The molecule has 128 valence electrons. The number of nitrogens with zero attached hydrogens (tertiary/aromatic N) is 4. The maximum atomic E-state index is 4.58. The summed E-state index contributed by atoms with van der Waals surface area (Å²) < 4.78 is 1.82. The number of aliphatic imine (C=N–C) groups is 1. The van der Waals surface area contributed by atoms with Gasteiger partial charge in [0.15, 0.2) is 5.65 Å². The van der Waals surface area contributed by atoms with Gasteiger partial charge in [0.2, 0.25) is 5.95 Å². The first-order chi connectivity index (χ1) is 11.9. The van der Waals surface area contributed by atoms with Crippen molar-refractivity contribution < 1.29 is 0 Å². The van der Waals surface area contributed by atoms with Gasteiger partial charge >= 0.3 is 0 Å². The Morgan fingerprint density at radius 2 is 1.96 bits per heavy atom. The molecule has 25 heavy (non-hydrogen) atoms. The normalized spacial score (nSPS) is 14.9. The van der Waals surface area contributed by atoms with Gasteiger partial charge in [0, 0.05) is 23.4 Å². The van der Waals surface area contributed by atoms with Crippen LogP contribution in [0.25, 0.3) is 5.65 Å². The molecule has 6 nitrogen and oxygen atoms in total. The lowest BCUT2D eigenvalue weighted by Crippen LogP contribution is -2.14. The van der Waals surface area contributed by atoms with E-state index in [9.17, 15) is 0 Å². The fourth-order valence-corrected chi connectivity index (χ4v) is 3.05. The van der Waals surface area contributed by atoms with Crippen molar-refractivity contribution in [3.05, 3.63) is 42.0 Å². The molecule has 0 unspecified atom stereocenters. The zero-order valence-electron chi connectivity index (χ0n) is 14.9. The molecular weight excluding hydrogens is 312 g/mol. The van der Waals surface area contributed by atoms with Crippen molar-refractivity contribution in [2.24, 2.45) is 4.99 Å². The molecule has 3 heterocycles. The summed E-state index contributed by atoms with van der Waals surface area (Å²) in [4.78, 5) is 9.08. The third-order valence-electron chi connectivity index (χ3n) is 4.27. The topological polar surface area (TPSA) is 66.6 Å². The summed E-state index contributed by atoms with van der Waals surface area (Å²) in [7, 11) is 0. The number of rotatable bonds is 4. The largest absolute Gasteiger partial charge is 0.368 e. The average Bonchev–Trinajstić information content (AvgIpc) is 3.08. The Bertz CT molecular complexity index is 967. The standard InChI is InChI=1S/C19H22N6/c1-12(2)21-16-6-5-7-17-23-18(24-25(16)17)22-13-8-9-14-15(10-13)20-11-19(14,3)4/h5-12,21H,1-4H3,(H,22,24). The molecule has 2 aromatic heterocycles. The average molecular weight is 334 g/mol. The lowest BCUT2D eigenvalue weighted by atomic mass is 9.87. The Morgan fingerprint density at radius 1 is 1.12 bits per heavy atom. The molecule has 0 saturated carbocycles. The van der Waals surface area contributed by atoms with E-state index in [-0.39, 0.29) is 5.41 Å². The molecule has 0 radical (unpaired) electrons. The van der Waals surface area contributed by atoms with E-state index in [0.29, 0.717) is 12.0 Å². The van der Waals surface area contributed by atoms with Crippen LogP contribution in [-0.2, 0) is 5.41 Å². The minimum Gasteiger partial charge on any atom is -0.368 e. The molecule has 1 aliphatic heterocycles. The molecule has 0 fully saturated rings. The molecule has 0 spiro atoms. The minimum absolute atomic E-state index is 0.00732. The molecule has 0 amide bonds. The Balaban J connectivity index is 1.65. The van der Waals surface area contributed by atoms with Crippen molar-refractivity contribution in [2.75, 3.05) is 10.6 Å². The smallest absolute Gasteiger partial charge is 0.247 e. The molecule has 0 aliphatic carbocycles. The first kappa shape index (κ1) is 15.6. The summed E-state index contributed by atoms with van der Waals surface area (Å²) in [5.74, 6) is 1.49. The van der Waals surface area contributed by atoms with Gasteiger partial charge in [-0.05, 0) is 43.7 Å². The van der Waals surface area contributed by atoms with Gasteiger partial charge in [0.25, 0.3) is 0 Å². The second-order valence-corrected chi connectivity index (χ2v) is 7.25. The quantitative estimate of drug-likeness (QED) is 0.747. The van der Waals surface area contributed by atoms with E-state index in [2.05, 4.69) is 59.5 Å². The van der Waals surface area contributed by atoms with Crippen LogP contribution in [0.1, 0.15) is 33.3 Å². The SMILES string of the molecule is CC(C)Nc1cccc2nc(Nc3ccc4c(c3)N=CC4(C)C)nn12. The minimum atomic E-state index is -0.00732. The van der Waals surface area contributed by atoms with Gasteiger partial charge in [0.05, 0.1) is 5.69 Å². The summed E-state index contributed by atoms with van der Waals surface area (Å²) in [6.07, 6.45) is 1.99. The zero-order chi connectivity index (χ0) is 17.6. The van der Waals surface area contributed by atoms with Gasteiger partial charge in [-0.25, -0.2) is 0 Å². The zero-order valence-corrected chi connectivity index (χ0v) is 14.9. The van der Waals surface area contributed by atoms with Crippen molar-refractivity contribution in [1.82, 2.24) is 14.6 Å². The Kier molecular flexibility index (Phi) is 3.49. The van der Waals surface area contributed by atoms with Crippen LogP contribution in [0, 0.1) is 0 Å². The van der Waals surface area contributed by atoms with Gasteiger partial charge in [-0.1, -0.05) is 26.0 Å². The molecule has 1 aliphatic rings. The molecule has 0 saturated heterocycles. The van der Waals surface area contributed by atoms with Crippen LogP contribution in [0.15, 0.2) is 41.4 Å². The Hall–Kier alpha value is -2.89. The van der Waals surface area contributed by atoms with E-state index in [4.69, 9.17) is 0 Å². The van der Waals surface area contributed by atoms with Crippen molar-refractivity contribution in [3.63, 3.8) is 0 Å². The molecule has 6 heteroatoms. The lowest BCUT2D eigenvalue weighted by molar-refractivity contribution is 0.753. The molecule has 4 rings (SSSR count). The van der Waals surface area contributed by atoms with Crippen molar-refractivity contribution in [1.29, 1.82) is 0 Å². The van der Waals surface area contributed by atoms with Gasteiger partial charge < -0.3 is 10.6 Å². The van der Waals surface area contributed by atoms with Gasteiger partial charge in [0.1, 0.15) is 5.82 Å². The molecule has 2 N–H and O–H groups in total. The summed E-state index contributed by atoms with van der Waals surface area (Å²) in [6, 6.07) is 12.4. The van der Waals surface area contributed by atoms with E-state index in [1.807, 2.05) is 41.1 Å². The fraction of sp³-hybridized carbons (Fsp3) is 0.316. The van der Waals surface area contributed by atoms with Crippen molar-refractivity contribution in [2.45, 2.75) is 39.2 Å². The molecule has 1 aromatic carbocycles. The van der Waals surface area contributed by atoms with Gasteiger partial charge in [-0.2, -0.15) is 9.50 Å². The number of anilines is 3. The highest BCUT2D eigenvalue weighted by molar-refractivity contribution is 5.85. The monoisotopic (exact) mass is 334 g/mol. The van der Waals surface area contributed by atoms with Gasteiger partial charge in [-0.3, -0.25) is 4.99 Å². The highest BCUT2D eigenvalue weighted by Crippen LogP contribution is 2.38. The first-order valence-electron chi connectivity index (χ1n) is 8.51. The van der Waals surface area contributed by atoms with E-state index < -0.39 is 0 Å². The predicted molar refractivity (Wildman–Crippen MR) is 103 cm³/mol. The van der Waals surface area contributed by atoms with Crippen molar-refractivity contribution >= 4 is 35.0 Å². The molecule has 0 bridgehead atoms. The third kappa shape index (κ3) is 2.84. The summed E-state index contributed by atoms with van der Waals surface area (Å²) in [6.45, 7) is 8.54. The third-order valence-corrected chi connectivity index (χ3v) is 4.27. The second kappa shape index (κ2) is 5.58. The summed E-state index contributed by atoms with van der Waals surface area (Å²) in [5, 5.41) is 11.2. The Morgan fingerprint density at radius 3 is 2.76 bits per heavy atom. The highest BCUT2D eigenvalue weighted by atomic mass is 15.4. The van der Waals surface area contributed by atoms with Crippen LogP contribution in [0.3, 0.4) is 0 Å². The molecular formula is C19H22N6. The van der Waals surface area contributed by atoms with E-state index in [1.165, 1.54) is 5.56 Å². The molecule has 3 aromatic rings. The highest BCUT2D eigenvalue weighted by Gasteiger charge is 2.26. The van der Waals surface area contributed by atoms with Crippen LogP contribution < -0.4 is 10.6 Å². The number of pyridine rings is 1. The number of hydrogen-bond acceptors (Lipinski definition) is 5. The van der Waals surface area contributed by atoms with Crippen LogP contribution in [0.5, 0.6) is 0 Å². The maximum absolute atomic E-state index is 4.58. The number of benzene rings is 1. The lowest BCUT2D eigenvalue weighted by Gasteiger charge is -2.15. The van der Waals surface area contributed by atoms with Crippen LogP contribution in [-0.4, -0.2) is 26.9 Å². The summed E-state index contributed by atoms with van der Waals surface area (Å²) >= 11 is 0. The molecule has 0 atom stereocenters. The summed E-state index contributed by atoms with van der Waals surface area (Å²) in [5.41, 5.74) is 3.97. The predicted octanol–water partition coefficient (Wildman–Crippen LogP) is 4.29. The van der Waals surface area contributed by atoms with Crippen LogP contribution in [0.2, 0.25) is 0 Å². The van der Waals surface area contributed by atoms with E-state index >= 15 is 0 Å². The van der Waals surface area contributed by atoms with Crippen molar-refractivity contribution in [3.8, 4) is 0 Å². The second-order valence-electron chi connectivity index (χ2n) is 7.25.